The van der Waals surface area contributed by atoms with Crippen molar-refractivity contribution in [2.24, 2.45) is 0 Å². The molecule has 0 aromatic heterocycles. The van der Waals surface area contributed by atoms with Gasteiger partial charge in [0.05, 0.1) is 4.90 Å². The van der Waals surface area contributed by atoms with Crippen LogP contribution in [0, 0.1) is 27.7 Å². The molecule has 0 radical (unpaired) electrons. The Bertz CT molecular complexity index is 1170. The largest absolute Gasteiger partial charge is 0.324 e. The highest BCUT2D eigenvalue weighted by Crippen LogP contribution is 2.23. The fourth-order valence-electron chi connectivity index (χ4n) is 3.81. The monoisotopic (exact) mass is 436 g/mol. The summed E-state index contributed by atoms with van der Waals surface area (Å²) in [6.45, 7) is 7.37. The third-order valence-corrected chi connectivity index (χ3v) is 6.95. The molecule has 0 saturated heterocycles. The lowest BCUT2D eigenvalue weighted by Gasteiger charge is -2.21. The van der Waals surface area contributed by atoms with E-state index >= 15 is 0 Å². The number of anilines is 1. The van der Waals surface area contributed by atoms with Crippen molar-refractivity contribution in [3.05, 3.63) is 94.5 Å². The molecule has 0 saturated carbocycles. The number of sulfonamides is 1. The molecule has 0 aliphatic carbocycles. The molecular formula is C25H28N2O3S. The molecule has 1 amide bonds. The smallest absolute Gasteiger partial charge is 0.242 e. The zero-order chi connectivity index (χ0) is 22.6. The third kappa shape index (κ3) is 5.60. The van der Waals surface area contributed by atoms with Crippen LogP contribution in [-0.4, -0.2) is 20.4 Å². The Morgan fingerprint density at radius 3 is 2.03 bits per heavy atom. The summed E-state index contributed by atoms with van der Waals surface area (Å²) < 4.78 is 29.3. The highest BCUT2D eigenvalue weighted by Gasteiger charge is 2.28. The lowest BCUT2D eigenvalue weighted by Crippen LogP contribution is -2.45. The van der Waals surface area contributed by atoms with Gasteiger partial charge < -0.3 is 5.32 Å². The van der Waals surface area contributed by atoms with Gasteiger partial charge in [-0.25, -0.2) is 8.42 Å². The van der Waals surface area contributed by atoms with Crippen LogP contribution in [0.3, 0.4) is 0 Å². The maximum absolute atomic E-state index is 13.3. The number of rotatable bonds is 7. The predicted molar refractivity (Wildman–Crippen MR) is 125 cm³/mol. The third-order valence-electron chi connectivity index (χ3n) is 5.17. The first kappa shape index (κ1) is 22.7. The summed E-state index contributed by atoms with van der Waals surface area (Å²) in [5.41, 5.74) is 4.74. The molecule has 162 valence electrons. The van der Waals surface area contributed by atoms with Crippen molar-refractivity contribution in [2.45, 2.75) is 45.1 Å². The van der Waals surface area contributed by atoms with E-state index in [0.29, 0.717) is 16.8 Å². The van der Waals surface area contributed by atoms with E-state index in [1.807, 2.05) is 74.5 Å². The molecule has 0 aliphatic heterocycles. The molecule has 0 fully saturated rings. The molecule has 0 bridgehead atoms. The molecule has 0 heterocycles. The van der Waals surface area contributed by atoms with Gasteiger partial charge >= 0.3 is 0 Å². The average molecular weight is 437 g/mol. The van der Waals surface area contributed by atoms with Crippen molar-refractivity contribution in [1.82, 2.24) is 4.72 Å². The number of carbonyl (C=O) groups is 1. The average Bonchev–Trinajstić information content (AvgIpc) is 2.68. The minimum atomic E-state index is -3.92. The number of amides is 1. The molecule has 6 heteroatoms. The Morgan fingerprint density at radius 1 is 0.839 bits per heavy atom. The molecule has 3 aromatic rings. The van der Waals surface area contributed by atoms with E-state index in [0.717, 1.165) is 16.7 Å². The number of aryl methyl sites for hydroxylation is 4. The molecule has 0 spiro atoms. The minimum Gasteiger partial charge on any atom is -0.324 e. The van der Waals surface area contributed by atoms with Crippen molar-refractivity contribution < 1.29 is 13.2 Å². The Morgan fingerprint density at radius 2 is 1.42 bits per heavy atom. The zero-order valence-corrected chi connectivity index (χ0v) is 19.1. The molecule has 0 unspecified atom stereocenters. The molecule has 5 nitrogen and oxygen atoms in total. The lowest BCUT2D eigenvalue weighted by molar-refractivity contribution is -0.117. The van der Waals surface area contributed by atoms with Gasteiger partial charge in [-0.1, -0.05) is 66.2 Å². The second-order valence-corrected chi connectivity index (χ2v) is 9.55. The Labute approximate surface area is 184 Å². The van der Waals surface area contributed by atoms with Crippen LogP contribution in [0.4, 0.5) is 5.69 Å². The summed E-state index contributed by atoms with van der Waals surface area (Å²) >= 11 is 0. The van der Waals surface area contributed by atoms with Crippen molar-refractivity contribution in [3.63, 3.8) is 0 Å². The number of para-hydroxylation sites is 1. The fraction of sp³-hybridized carbons (Fsp3) is 0.240. The number of carbonyl (C=O) groups excluding carboxylic acids is 1. The summed E-state index contributed by atoms with van der Waals surface area (Å²) in [5, 5.41) is 2.88. The van der Waals surface area contributed by atoms with Gasteiger partial charge in [0.15, 0.2) is 0 Å². The molecule has 0 aliphatic rings. The van der Waals surface area contributed by atoms with Gasteiger partial charge in [-0.3, -0.25) is 4.79 Å². The van der Waals surface area contributed by atoms with E-state index in [9.17, 15) is 13.2 Å². The first-order chi connectivity index (χ1) is 14.7. The normalized spacial score (nSPS) is 12.4. The Balaban J connectivity index is 1.94. The van der Waals surface area contributed by atoms with Gasteiger partial charge in [-0.15, -0.1) is 0 Å². The van der Waals surface area contributed by atoms with Gasteiger partial charge in [0.2, 0.25) is 15.9 Å². The van der Waals surface area contributed by atoms with Gasteiger partial charge in [0.1, 0.15) is 6.04 Å². The number of hydrogen-bond donors (Lipinski definition) is 2. The summed E-state index contributed by atoms with van der Waals surface area (Å²) in [7, 11) is -3.92. The van der Waals surface area contributed by atoms with Gasteiger partial charge in [0.25, 0.3) is 0 Å². The number of benzene rings is 3. The van der Waals surface area contributed by atoms with E-state index in [-0.39, 0.29) is 11.3 Å². The van der Waals surface area contributed by atoms with Crippen molar-refractivity contribution in [1.29, 1.82) is 0 Å². The molecule has 3 rings (SSSR count). The van der Waals surface area contributed by atoms with Crippen LogP contribution in [-0.2, 0) is 21.2 Å². The molecular weight excluding hydrogens is 408 g/mol. The second-order valence-electron chi connectivity index (χ2n) is 7.90. The van der Waals surface area contributed by atoms with Crippen LogP contribution >= 0.6 is 0 Å². The second kappa shape index (κ2) is 9.45. The zero-order valence-electron chi connectivity index (χ0n) is 18.3. The summed E-state index contributed by atoms with van der Waals surface area (Å²) in [5.74, 6) is -0.399. The van der Waals surface area contributed by atoms with Crippen LogP contribution in [0.5, 0.6) is 0 Å². The molecule has 3 aromatic carbocycles. The Kier molecular flexibility index (Phi) is 6.93. The first-order valence-corrected chi connectivity index (χ1v) is 11.7. The first-order valence-electron chi connectivity index (χ1n) is 10.2. The fourth-order valence-corrected chi connectivity index (χ4v) is 5.46. The van der Waals surface area contributed by atoms with Crippen LogP contribution in [0.1, 0.15) is 27.8 Å². The van der Waals surface area contributed by atoms with Crippen LogP contribution in [0.15, 0.2) is 71.6 Å². The van der Waals surface area contributed by atoms with E-state index in [2.05, 4.69) is 10.0 Å². The SMILES string of the molecule is Cc1cc(C)c(S(=O)(=O)N[C@@H](Cc2ccccc2)C(=O)Nc2ccccc2C)c(C)c1. The molecule has 2 N–H and O–H groups in total. The Hall–Kier alpha value is -2.96. The summed E-state index contributed by atoms with van der Waals surface area (Å²) in [6, 6.07) is 19.5. The van der Waals surface area contributed by atoms with Crippen LogP contribution < -0.4 is 10.0 Å². The minimum absolute atomic E-state index is 0.222. The summed E-state index contributed by atoms with van der Waals surface area (Å²) in [6.07, 6.45) is 0.238. The molecule has 31 heavy (non-hydrogen) atoms. The van der Waals surface area contributed by atoms with Crippen LogP contribution in [0.2, 0.25) is 0 Å². The number of nitrogens with one attached hydrogen (secondary N) is 2. The lowest BCUT2D eigenvalue weighted by atomic mass is 10.1. The number of hydrogen-bond acceptors (Lipinski definition) is 3. The predicted octanol–water partition coefficient (Wildman–Crippen LogP) is 4.45. The standard InChI is InChI=1S/C25H28N2O3S/c1-17-14-19(3)24(20(4)15-17)31(29,30)27-23(16-21-11-6-5-7-12-21)25(28)26-22-13-9-8-10-18(22)2/h5-15,23,27H,16H2,1-4H3,(H,26,28)/t23-/m0/s1. The topological polar surface area (TPSA) is 75.3 Å². The van der Waals surface area contributed by atoms with Gasteiger partial charge in [-0.2, -0.15) is 4.72 Å². The van der Waals surface area contributed by atoms with Crippen molar-refractivity contribution >= 4 is 21.6 Å². The summed E-state index contributed by atoms with van der Waals surface area (Å²) in [4.78, 5) is 13.4. The maximum atomic E-state index is 13.3. The van der Waals surface area contributed by atoms with E-state index < -0.39 is 22.0 Å². The maximum Gasteiger partial charge on any atom is 0.242 e. The highest BCUT2D eigenvalue weighted by molar-refractivity contribution is 7.89. The quantitative estimate of drug-likeness (QED) is 0.575. The van der Waals surface area contributed by atoms with Crippen molar-refractivity contribution in [3.8, 4) is 0 Å². The van der Waals surface area contributed by atoms with Gasteiger partial charge in [0, 0.05) is 5.69 Å². The van der Waals surface area contributed by atoms with Gasteiger partial charge in [-0.05, 0) is 62.4 Å². The van der Waals surface area contributed by atoms with E-state index in [4.69, 9.17) is 0 Å². The van der Waals surface area contributed by atoms with E-state index in [1.165, 1.54) is 0 Å². The highest BCUT2D eigenvalue weighted by atomic mass is 32.2. The van der Waals surface area contributed by atoms with Crippen molar-refractivity contribution in [2.75, 3.05) is 5.32 Å². The molecule has 1 atom stereocenters. The van der Waals surface area contributed by atoms with Crippen LogP contribution in [0.25, 0.3) is 0 Å². The van der Waals surface area contributed by atoms with E-state index in [1.54, 1.807) is 19.9 Å².